The Labute approximate surface area is 64.1 Å². The zero-order chi connectivity index (χ0) is 8.59. The fraction of sp³-hybridized carbons (Fsp3) is 1.00. The van der Waals surface area contributed by atoms with Gasteiger partial charge in [0.25, 0.3) is 0 Å². The highest BCUT2D eigenvalue weighted by Gasteiger charge is 2.39. The summed E-state index contributed by atoms with van der Waals surface area (Å²) in [5.74, 6) is 0. The van der Waals surface area contributed by atoms with Crippen LogP contribution in [-0.4, -0.2) is 50.9 Å². The molecule has 5 heteroatoms. The minimum absolute atomic E-state index is 0.0317. The molecule has 11 heavy (non-hydrogen) atoms. The third-order valence-electron chi connectivity index (χ3n) is 2.06. The van der Waals surface area contributed by atoms with Crippen molar-refractivity contribution in [2.45, 2.75) is 36.9 Å². The van der Waals surface area contributed by atoms with Gasteiger partial charge in [0.15, 0.2) is 0 Å². The van der Waals surface area contributed by atoms with Crippen molar-refractivity contribution < 1.29 is 20.4 Å². The van der Waals surface area contributed by atoms with Crippen LogP contribution >= 0.6 is 0 Å². The highest BCUT2D eigenvalue weighted by molar-refractivity contribution is 4.94. The number of aliphatic hydroxyl groups excluding tert-OH is 4. The van der Waals surface area contributed by atoms with E-state index in [1.807, 2.05) is 0 Å². The van der Waals surface area contributed by atoms with E-state index in [1.165, 1.54) is 0 Å². The molecule has 1 rings (SSSR count). The quantitative estimate of drug-likeness (QED) is 0.264. The van der Waals surface area contributed by atoms with E-state index in [1.54, 1.807) is 0 Å². The molecule has 1 fully saturated rings. The summed E-state index contributed by atoms with van der Waals surface area (Å²) in [6.07, 6.45) is -4.40. The summed E-state index contributed by atoms with van der Waals surface area (Å²) in [4.78, 5) is 0. The van der Waals surface area contributed by atoms with Crippen LogP contribution < -0.4 is 5.73 Å². The van der Waals surface area contributed by atoms with Gasteiger partial charge in [-0.2, -0.15) is 0 Å². The van der Waals surface area contributed by atoms with Crippen LogP contribution in [0.15, 0.2) is 0 Å². The van der Waals surface area contributed by atoms with E-state index < -0.39 is 30.5 Å². The summed E-state index contributed by atoms with van der Waals surface area (Å²) in [6, 6.07) is -0.964. The lowest BCUT2D eigenvalue weighted by Gasteiger charge is -2.36. The molecule has 0 bridgehead atoms. The maximum Gasteiger partial charge on any atom is 0.0976 e. The molecule has 0 spiro atoms. The molecular formula is C6H13NO4. The summed E-state index contributed by atoms with van der Waals surface area (Å²) in [6.45, 7) is 0. The maximum absolute atomic E-state index is 9.09. The van der Waals surface area contributed by atoms with Crippen molar-refractivity contribution in [3.63, 3.8) is 0 Å². The molecule has 6 N–H and O–H groups in total. The summed E-state index contributed by atoms with van der Waals surface area (Å²) in [7, 11) is 0. The lowest BCUT2D eigenvalue weighted by atomic mass is 9.86. The van der Waals surface area contributed by atoms with Crippen LogP contribution in [0.3, 0.4) is 0 Å². The predicted octanol–water partition coefficient (Wildman–Crippen LogP) is -2.84. The molecule has 1 aliphatic rings. The first-order valence-corrected chi connectivity index (χ1v) is 3.52. The van der Waals surface area contributed by atoms with Crippen molar-refractivity contribution in [2.24, 2.45) is 5.73 Å². The molecule has 0 aromatic rings. The van der Waals surface area contributed by atoms with Crippen LogP contribution in [0.4, 0.5) is 0 Å². The summed E-state index contributed by atoms with van der Waals surface area (Å²) in [5, 5.41) is 36.2. The van der Waals surface area contributed by atoms with Crippen molar-refractivity contribution >= 4 is 0 Å². The zero-order valence-electron chi connectivity index (χ0n) is 5.96. The largest absolute Gasteiger partial charge is 0.390 e. The smallest absolute Gasteiger partial charge is 0.0976 e. The van der Waals surface area contributed by atoms with Crippen molar-refractivity contribution in [1.29, 1.82) is 0 Å². The normalized spacial score (nSPS) is 52.6. The second-order valence-electron chi connectivity index (χ2n) is 2.93. The Morgan fingerprint density at radius 1 is 0.909 bits per heavy atom. The van der Waals surface area contributed by atoms with Crippen LogP contribution in [0.2, 0.25) is 0 Å². The van der Waals surface area contributed by atoms with Crippen LogP contribution in [0.1, 0.15) is 6.42 Å². The van der Waals surface area contributed by atoms with E-state index in [0.717, 1.165) is 0 Å². The molecule has 0 heterocycles. The summed E-state index contributed by atoms with van der Waals surface area (Å²) < 4.78 is 0. The van der Waals surface area contributed by atoms with Gasteiger partial charge in [-0.25, -0.2) is 0 Å². The molecule has 0 amide bonds. The van der Waals surface area contributed by atoms with Crippen molar-refractivity contribution in [1.82, 2.24) is 0 Å². The van der Waals surface area contributed by atoms with Gasteiger partial charge in [-0.15, -0.1) is 0 Å². The fourth-order valence-corrected chi connectivity index (χ4v) is 1.24. The van der Waals surface area contributed by atoms with Crippen molar-refractivity contribution in [2.75, 3.05) is 0 Å². The first kappa shape index (κ1) is 8.89. The second-order valence-corrected chi connectivity index (χ2v) is 2.93. The number of rotatable bonds is 0. The van der Waals surface area contributed by atoms with Gasteiger partial charge >= 0.3 is 0 Å². The van der Waals surface area contributed by atoms with Crippen LogP contribution in [-0.2, 0) is 0 Å². The Hall–Kier alpha value is -0.200. The molecule has 0 aliphatic heterocycles. The first-order valence-electron chi connectivity index (χ1n) is 3.52. The van der Waals surface area contributed by atoms with Crippen LogP contribution in [0.5, 0.6) is 0 Å². The zero-order valence-corrected chi connectivity index (χ0v) is 5.96. The SMILES string of the molecule is NC1[C@@H](O)[C@@H](O)C[C@@H](O)[C@H]1O. The second kappa shape index (κ2) is 3.04. The van der Waals surface area contributed by atoms with Crippen LogP contribution in [0, 0.1) is 0 Å². The van der Waals surface area contributed by atoms with Crippen LogP contribution in [0.25, 0.3) is 0 Å². The molecule has 0 saturated heterocycles. The van der Waals surface area contributed by atoms with Gasteiger partial charge in [0.05, 0.1) is 30.5 Å². The maximum atomic E-state index is 9.09. The summed E-state index contributed by atoms with van der Waals surface area (Å²) in [5.41, 5.74) is 5.28. The molecule has 0 aromatic heterocycles. The van der Waals surface area contributed by atoms with E-state index in [0.29, 0.717) is 0 Å². The Bertz CT molecular complexity index is 129. The minimum Gasteiger partial charge on any atom is -0.390 e. The third kappa shape index (κ3) is 1.52. The molecule has 0 aromatic carbocycles. The standard InChI is InChI=1S/C6H13NO4/c7-4-5(10)2(8)1-3(9)6(4)11/h2-6,8-11H,1,7H2/t2-,3+,4?,5-,6+. The van der Waals surface area contributed by atoms with Crippen molar-refractivity contribution in [3.8, 4) is 0 Å². The molecular weight excluding hydrogens is 150 g/mol. The number of nitrogens with two attached hydrogens (primary N) is 1. The van der Waals surface area contributed by atoms with E-state index in [9.17, 15) is 0 Å². The van der Waals surface area contributed by atoms with Gasteiger partial charge in [-0.3, -0.25) is 0 Å². The molecule has 5 nitrogen and oxygen atoms in total. The highest BCUT2D eigenvalue weighted by atomic mass is 16.4. The van der Waals surface area contributed by atoms with Gasteiger partial charge in [-0.1, -0.05) is 0 Å². The predicted molar refractivity (Wildman–Crippen MR) is 36.6 cm³/mol. The van der Waals surface area contributed by atoms with Gasteiger partial charge in [0.2, 0.25) is 0 Å². The average molecular weight is 163 g/mol. The molecule has 66 valence electrons. The first-order chi connectivity index (χ1) is 5.04. The van der Waals surface area contributed by atoms with Gasteiger partial charge in [0, 0.05) is 6.42 Å². The Morgan fingerprint density at radius 2 is 1.27 bits per heavy atom. The lowest BCUT2D eigenvalue weighted by Crippen LogP contribution is -2.59. The van der Waals surface area contributed by atoms with E-state index in [2.05, 4.69) is 0 Å². The monoisotopic (exact) mass is 163 g/mol. The third-order valence-corrected chi connectivity index (χ3v) is 2.06. The molecule has 1 saturated carbocycles. The Morgan fingerprint density at radius 3 is 1.64 bits per heavy atom. The fourth-order valence-electron chi connectivity index (χ4n) is 1.24. The number of aliphatic hydroxyl groups is 4. The van der Waals surface area contributed by atoms with E-state index in [-0.39, 0.29) is 6.42 Å². The lowest BCUT2D eigenvalue weighted by molar-refractivity contribution is -0.120. The van der Waals surface area contributed by atoms with E-state index in [4.69, 9.17) is 26.2 Å². The van der Waals surface area contributed by atoms with Gasteiger partial charge < -0.3 is 26.2 Å². The Balaban J connectivity index is 2.63. The number of hydrogen-bond donors (Lipinski definition) is 5. The minimum atomic E-state index is -1.15. The Kier molecular flexibility index (Phi) is 2.46. The summed E-state index contributed by atoms with van der Waals surface area (Å²) >= 11 is 0. The molecule has 5 atom stereocenters. The number of hydrogen-bond acceptors (Lipinski definition) is 5. The highest BCUT2D eigenvalue weighted by Crippen LogP contribution is 2.18. The molecule has 0 radical (unpaired) electrons. The van der Waals surface area contributed by atoms with Crippen molar-refractivity contribution in [3.05, 3.63) is 0 Å². The van der Waals surface area contributed by atoms with E-state index >= 15 is 0 Å². The molecule has 1 unspecified atom stereocenters. The topological polar surface area (TPSA) is 107 Å². The van der Waals surface area contributed by atoms with Gasteiger partial charge in [-0.05, 0) is 0 Å². The van der Waals surface area contributed by atoms with Gasteiger partial charge in [0.1, 0.15) is 0 Å². The average Bonchev–Trinajstić information content (AvgIpc) is 1.97. The molecule has 1 aliphatic carbocycles.